The van der Waals surface area contributed by atoms with Crippen molar-refractivity contribution in [2.24, 2.45) is 5.41 Å². The first-order valence-corrected chi connectivity index (χ1v) is 7.49. The second-order valence-electron chi connectivity index (χ2n) is 6.84. The number of hydrogen-bond donors (Lipinski definition) is 2. The van der Waals surface area contributed by atoms with E-state index in [1.165, 1.54) is 16.5 Å². The van der Waals surface area contributed by atoms with Crippen molar-refractivity contribution in [2.75, 3.05) is 0 Å². The molecule has 1 fully saturated rings. The fourth-order valence-electron chi connectivity index (χ4n) is 4.51. The average Bonchev–Trinajstić information content (AvgIpc) is 2.72. The van der Waals surface area contributed by atoms with E-state index in [9.17, 15) is 10.2 Å². The Balaban J connectivity index is 1.92. The van der Waals surface area contributed by atoms with Gasteiger partial charge < -0.3 is 10.2 Å². The van der Waals surface area contributed by atoms with Gasteiger partial charge in [-0.05, 0) is 71.0 Å². The molecule has 0 saturated heterocycles. The highest BCUT2D eigenvalue weighted by Gasteiger charge is 2.46. The Morgan fingerprint density at radius 1 is 1.20 bits per heavy atom. The summed E-state index contributed by atoms with van der Waals surface area (Å²) in [6.07, 6.45) is 3.92. The number of aromatic hydroxyl groups is 1. The van der Waals surface area contributed by atoms with E-state index in [-0.39, 0.29) is 11.5 Å². The minimum absolute atomic E-state index is 0.147. The summed E-state index contributed by atoms with van der Waals surface area (Å²) in [7, 11) is 0. The normalized spacial score (nSPS) is 32.1. The molecule has 4 rings (SSSR count). The van der Waals surface area contributed by atoms with Crippen LogP contribution in [0, 0.1) is 5.41 Å². The Morgan fingerprint density at radius 2 is 2.05 bits per heavy atom. The third kappa shape index (κ3) is 1.61. The van der Waals surface area contributed by atoms with Gasteiger partial charge in [0.05, 0.1) is 6.10 Å². The van der Waals surface area contributed by atoms with Crippen LogP contribution >= 0.6 is 0 Å². The van der Waals surface area contributed by atoms with Crippen molar-refractivity contribution >= 4 is 10.8 Å². The van der Waals surface area contributed by atoms with Gasteiger partial charge in [0, 0.05) is 0 Å². The van der Waals surface area contributed by atoms with Crippen molar-refractivity contribution in [2.45, 2.75) is 44.6 Å². The fraction of sp³-hybridized carbons (Fsp3) is 0.444. The highest BCUT2D eigenvalue weighted by Crippen LogP contribution is 2.56. The summed E-state index contributed by atoms with van der Waals surface area (Å²) >= 11 is 0. The summed E-state index contributed by atoms with van der Waals surface area (Å²) in [4.78, 5) is 0. The molecule has 0 aromatic heterocycles. The van der Waals surface area contributed by atoms with Crippen LogP contribution in [0.25, 0.3) is 10.8 Å². The van der Waals surface area contributed by atoms with Crippen LogP contribution in [-0.4, -0.2) is 16.3 Å². The molecule has 0 unspecified atom stereocenters. The minimum atomic E-state index is -0.147. The Bertz CT molecular complexity index is 691. The molecular formula is C18H20O2. The second-order valence-corrected chi connectivity index (χ2v) is 6.84. The molecule has 0 bridgehead atoms. The highest BCUT2D eigenvalue weighted by atomic mass is 16.3. The molecule has 2 aliphatic rings. The molecule has 0 spiro atoms. The van der Waals surface area contributed by atoms with Gasteiger partial charge in [0.1, 0.15) is 5.75 Å². The van der Waals surface area contributed by atoms with Gasteiger partial charge in [-0.15, -0.1) is 0 Å². The molecule has 1 saturated carbocycles. The quantitative estimate of drug-likeness (QED) is 0.764. The standard InChI is InChI=1S/C18H20O2/c1-18-7-6-15-14-5-3-12(19)8-11(14)2-4-16(15)17(18)9-13(20)10-18/h2-5,8,13,17,19-20H,6-7,9-10H2,1H3/t13-,17+,18-/m1/s1. The van der Waals surface area contributed by atoms with Gasteiger partial charge in [0.2, 0.25) is 0 Å². The van der Waals surface area contributed by atoms with E-state index in [1.807, 2.05) is 12.1 Å². The summed E-state index contributed by atoms with van der Waals surface area (Å²) < 4.78 is 0. The monoisotopic (exact) mass is 268 g/mol. The number of aryl methyl sites for hydroxylation is 1. The number of phenols is 1. The molecule has 104 valence electrons. The Labute approximate surface area is 119 Å². The van der Waals surface area contributed by atoms with Crippen molar-refractivity contribution in [3.05, 3.63) is 41.5 Å². The first-order chi connectivity index (χ1) is 9.57. The van der Waals surface area contributed by atoms with E-state index in [0.717, 1.165) is 31.1 Å². The van der Waals surface area contributed by atoms with Gasteiger partial charge in [0.25, 0.3) is 0 Å². The summed E-state index contributed by atoms with van der Waals surface area (Å²) in [6.45, 7) is 2.33. The maximum Gasteiger partial charge on any atom is 0.116 e. The molecule has 0 aliphatic heterocycles. The zero-order valence-electron chi connectivity index (χ0n) is 11.8. The molecule has 2 N–H and O–H groups in total. The molecular weight excluding hydrogens is 248 g/mol. The zero-order valence-corrected chi connectivity index (χ0v) is 11.8. The van der Waals surface area contributed by atoms with Gasteiger partial charge >= 0.3 is 0 Å². The van der Waals surface area contributed by atoms with Gasteiger partial charge in [0.15, 0.2) is 0 Å². The molecule has 20 heavy (non-hydrogen) atoms. The molecule has 2 aromatic carbocycles. The van der Waals surface area contributed by atoms with Crippen LogP contribution in [0.2, 0.25) is 0 Å². The fourth-order valence-corrected chi connectivity index (χ4v) is 4.51. The van der Waals surface area contributed by atoms with Gasteiger partial charge in [-0.1, -0.05) is 25.1 Å². The van der Waals surface area contributed by atoms with E-state index < -0.39 is 0 Å². The SMILES string of the molecule is C[C@]12CCc3c(ccc4cc(O)ccc34)[C@@H]1C[C@@H](O)C2. The number of aliphatic hydroxyl groups is 1. The van der Waals surface area contributed by atoms with Crippen molar-refractivity contribution in [1.82, 2.24) is 0 Å². The first-order valence-electron chi connectivity index (χ1n) is 7.49. The third-order valence-electron chi connectivity index (χ3n) is 5.52. The Kier molecular flexibility index (Phi) is 2.43. The lowest BCUT2D eigenvalue weighted by Gasteiger charge is -2.38. The van der Waals surface area contributed by atoms with Gasteiger partial charge in [-0.25, -0.2) is 0 Å². The second kappa shape index (κ2) is 3.98. The lowest BCUT2D eigenvalue weighted by molar-refractivity contribution is 0.159. The third-order valence-corrected chi connectivity index (χ3v) is 5.52. The molecule has 2 nitrogen and oxygen atoms in total. The highest BCUT2D eigenvalue weighted by molar-refractivity contribution is 5.88. The number of benzene rings is 2. The van der Waals surface area contributed by atoms with Gasteiger partial charge in [-0.3, -0.25) is 0 Å². The van der Waals surface area contributed by atoms with Crippen LogP contribution in [0.15, 0.2) is 30.3 Å². The van der Waals surface area contributed by atoms with Crippen LogP contribution in [-0.2, 0) is 6.42 Å². The number of phenolic OH excluding ortho intramolecular Hbond substituents is 1. The number of fused-ring (bicyclic) bond motifs is 5. The number of hydrogen-bond acceptors (Lipinski definition) is 2. The zero-order chi connectivity index (χ0) is 13.9. The van der Waals surface area contributed by atoms with Gasteiger partial charge in [-0.2, -0.15) is 0 Å². The molecule has 0 heterocycles. The Morgan fingerprint density at radius 3 is 2.90 bits per heavy atom. The van der Waals surface area contributed by atoms with E-state index in [2.05, 4.69) is 19.1 Å². The molecule has 2 aromatic rings. The average molecular weight is 268 g/mol. The number of rotatable bonds is 0. The molecule has 2 heteroatoms. The van der Waals surface area contributed by atoms with Crippen molar-refractivity contribution in [1.29, 1.82) is 0 Å². The number of aliphatic hydroxyl groups excluding tert-OH is 1. The topological polar surface area (TPSA) is 40.5 Å². The van der Waals surface area contributed by atoms with E-state index in [1.54, 1.807) is 6.07 Å². The van der Waals surface area contributed by atoms with Crippen LogP contribution in [0.5, 0.6) is 5.75 Å². The lowest BCUT2D eigenvalue weighted by Crippen LogP contribution is -2.26. The van der Waals surface area contributed by atoms with Crippen LogP contribution in [0.3, 0.4) is 0 Å². The smallest absolute Gasteiger partial charge is 0.116 e. The summed E-state index contributed by atoms with van der Waals surface area (Å²) in [5, 5.41) is 22.1. The van der Waals surface area contributed by atoms with Crippen molar-refractivity contribution < 1.29 is 10.2 Å². The minimum Gasteiger partial charge on any atom is -0.508 e. The van der Waals surface area contributed by atoms with E-state index >= 15 is 0 Å². The van der Waals surface area contributed by atoms with Crippen molar-refractivity contribution in [3.63, 3.8) is 0 Å². The molecule has 3 atom stereocenters. The maximum atomic E-state index is 10.1. The molecule has 2 aliphatic carbocycles. The summed E-state index contributed by atoms with van der Waals surface area (Å²) in [6, 6.07) is 9.99. The van der Waals surface area contributed by atoms with Crippen LogP contribution in [0.1, 0.15) is 43.2 Å². The van der Waals surface area contributed by atoms with Crippen LogP contribution < -0.4 is 0 Å². The predicted octanol–water partition coefficient (Wildman–Crippen LogP) is 3.74. The molecule has 0 amide bonds. The largest absolute Gasteiger partial charge is 0.508 e. The first kappa shape index (κ1) is 12.2. The Hall–Kier alpha value is -1.54. The van der Waals surface area contributed by atoms with E-state index in [4.69, 9.17) is 0 Å². The van der Waals surface area contributed by atoms with Crippen molar-refractivity contribution in [3.8, 4) is 5.75 Å². The summed E-state index contributed by atoms with van der Waals surface area (Å²) in [5.74, 6) is 0.814. The predicted molar refractivity (Wildman–Crippen MR) is 80.0 cm³/mol. The lowest BCUT2D eigenvalue weighted by atomic mass is 9.66. The molecule has 0 radical (unpaired) electrons. The summed E-state index contributed by atoms with van der Waals surface area (Å²) in [5.41, 5.74) is 3.12. The van der Waals surface area contributed by atoms with Crippen LogP contribution in [0.4, 0.5) is 0 Å². The van der Waals surface area contributed by atoms with E-state index in [0.29, 0.717) is 11.7 Å². The maximum absolute atomic E-state index is 10.1.